The Kier molecular flexibility index (Phi) is 4.54. The second-order valence-corrected chi connectivity index (χ2v) is 5.92. The lowest BCUT2D eigenvalue weighted by atomic mass is 9.99. The number of rotatable bonds is 5. The maximum Gasteiger partial charge on any atom is 0.0776 e. The normalized spacial score (nSPS) is 17.6. The predicted molar refractivity (Wildman–Crippen MR) is 91.6 cm³/mol. The molecule has 0 saturated heterocycles. The Hall–Kier alpha value is -2.13. The van der Waals surface area contributed by atoms with Crippen LogP contribution in [0, 0.1) is 6.92 Å². The van der Waals surface area contributed by atoms with Crippen molar-refractivity contribution in [1.29, 1.82) is 0 Å². The van der Waals surface area contributed by atoms with Gasteiger partial charge in [0.25, 0.3) is 0 Å². The maximum absolute atomic E-state index is 5.71. The smallest absolute Gasteiger partial charge is 0.0776 e. The fraction of sp³-hybridized carbons (Fsp3) is 0.316. The van der Waals surface area contributed by atoms with E-state index in [-0.39, 0.29) is 0 Å². The lowest BCUT2D eigenvalue weighted by molar-refractivity contribution is 0.224. The van der Waals surface area contributed by atoms with Gasteiger partial charge < -0.3 is 5.73 Å². The minimum Gasteiger partial charge on any atom is -0.330 e. The quantitative estimate of drug-likeness (QED) is 0.914. The molecule has 0 spiro atoms. The molecular formula is C19H23N3. The van der Waals surface area contributed by atoms with Crippen molar-refractivity contribution in [3.63, 3.8) is 0 Å². The third-order valence-electron chi connectivity index (χ3n) is 4.14. The van der Waals surface area contributed by atoms with E-state index in [1.165, 1.54) is 22.4 Å². The molecule has 2 aromatic rings. The molecule has 1 heterocycles. The standard InChI is InChI=1S/C19H23N3/c1-15-7-9-17(10-8-15)19-13-18(11-12-20)21-22(19)14-16-5-3-2-4-6-16/h2-10,19H,11-14,20H2,1H3. The van der Waals surface area contributed by atoms with E-state index in [0.717, 1.165) is 19.4 Å². The van der Waals surface area contributed by atoms with Gasteiger partial charge in [-0.15, -0.1) is 0 Å². The minimum absolute atomic E-state index is 0.322. The summed E-state index contributed by atoms with van der Waals surface area (Å²) in [5.41, 5.74) is 10.8. The first-order valence-electron chi connectivity index (χ1n) is 7.90. The summed E-state index contributed by atoms with van der Waals surface area (Å²) in [7, 11) is 0. The maximum atomic E-state index is 5.71. The first-order chi connectivity index (χ1) is 10.8. The van der Waals surface area contributed by atoms with E-state index in [9.17, 15) is 0 Å². The summed E-state index contributed by atoms with van der Waals surface area (Å²) in [6.07, 6.45) is 1.86. The summed E-state index contributed by atoms with van der Waals surface area (Å²) in [6.45, 7) is 3.63. The van der Waals surface area contributed by atoms with Gasteiger partial charge in [0.05, 0.1) is 12.6 Å². The molecular weight excluding hydrogens is 270 g/mol. The van der Waals surface area contributed by atoms with Crippen LogP contribution in [0.4, 0.5) is 0 Å². The molecule has 22 heavy (non-hydrogen) atoms. The predicted octanol–water partition coefficient (Wildman–Crippen LogP) is 3.65. The number of nitrogens with zero attached hydrogens (tertiary/aromatic N) is 2. The van der Waals surface area contributed by atoms with E-state index in [0.29, 0.717) is 12.6 Å². The number of hydrazone groups is 1. The lowest BCUT2D eigenvalue weighted by Gasteiger charge is -2.24. The monoisotopic (exact) mass is 293 g/mol. The molecule has 0 radical (unpaired) electrons. The molecule has 3 rings (SSSR count). The number of hydrogen-bond donors (Lipinski definition) is 1. The lowest BCUT2D eigenvalue weighted by Crippen LogP contribution is -2.19. The Labute approximate surface area is 132 Å². The zero-order valence-corrected chi connectivity index (χ0v) is 13.1. The Balaban J connectivity index is 1.82. The Morgan fingerprint density at radius 1 is 1.09 bits per heavy atom. The SMILES string of the molecule is Cc1ccc(C2CC(CCN)=NN2Cc2ccccc2)cc1. The highest BCUT2D eigenvalue weighted by Gasteiger charge is 2.27. The number of aryl methyl sites for hydroxylation is 1. The van der Waals surface area contributed by atoms with Crippen LogP contribution in [0.3, 0.4) is 0 Å². The van der Waals surface area contributed by atoms with Crippen LogP contribution in [-0.4, -0.2) is 17.3 Å². The van der Waals surface area contributed by atoms with Gasteiger partial charge >= 0.3 is 0 Å². The number of nitrogens with two attached hydrogens (primary N) is 1. The van der Waals surface area contributed by atoms with Crippen LogP contribution in [0.25, 0.3) is 0 Å². The highest BCUT2D eigenvalue weighted by atomic mass is 15.5. The summed E-state index contributed by atoms with van der Waals surface area (Å²) in [6, 6.07) is 19.6. The van der Waals surface area contributed by atoms with Gasteiger partial charge in [0, 0.05) is 12.1 Å². The molecule has 0 aromatic heterocycles. The van der Waals surface area contributed by atoms with Gasteiger partial charge in [0.1, 0.15) is 0 Å². The summed E-state index contributed by atoms with van der Waals surface area (Å²) in [5.74, 6) is 0. The van der Waals surface area contributed by atoms with E-state index in [2.05, 4.69) is 60.5 Å². The average Bonchev–Trinajstić information content (AvgIpc) is 2.92. The molecule has 1 atom stereocenters. The van der Waals surface area contributed by atoms with Gasteiger partial charge in [-0.3, -0.25) is 5.01 Å². The van der Waals surface area contributed by atoms with Crippen molar-refractivity contribution >= 4 is 5.71 Å². The molecule has 0 amide bonds. The van der Waals surface area contributed by atoms with Crippen molar-refractivity contribution in [3.05, 3.63) is 71.3 Å². The molecule has 0 aliphatic carbocycles. The molecule has 0 saturated carbocycles. The van der Waals surface area contributed by atoms with Crippen LogP contribution in [0.1, 0.15) is 35.6 Å². The van der Waals surface area contributed by atoms with Gasteiger partial charge in [-0.25, -0.2) is 0 Å². The molecule has 114 valence electrons. The number of benzene rings is 2. The summed E-state index contributed by atoms with van der Waals surface area (Å²) >= 11 is 0. The fourth-order valence-corrected chi connectivity index (χ4v) is 2.93. The topological polar surface area (TPSA) is 41.6 Å². The fourth-order valence-electron chi connectivity index (χ4n) is 2.93. The molecule has 2 N–H and O–H groups in total. The van der Waals surface area contributed by atoms with Gasteiger partial charge in [-0.2, -0.15) is 5.10 Å². The third-order valence-corrected chi connectivity index (χ3v) is 4.14. The first-order valence-corrected chi connectivity index (χ1v) is 7.90. The minimum atomic E-state index is 0.322. The van der Waals surface area contributed by atoms with Crippen molar-refractivity contribution in [2.45, 2.75) is 32.4 Å². The molecule has 0 fully saturated rings. The molecule has 1 unspecified atom stereocenters. The highest BCUT2D eigenvalue weighted by Crippen LogP contribution is 2.32. The summed E-state index contributed by atoms with van der Waals surface area (Å²) < 4.78 is 0. The van der Waals surface area contributed by atoms with Gasteiger partial charge in [-0.1, -0.05) is 60.2 Å². The molecule has 0 bridgehead atoms. The van der Waals surface area contributed by atoms with Gasteiger partial charge in [0.15, 0.2) is 0 Å². The van der Waals surface area contributed by atoms with Crippen LogP contribution >= 0.6 is 0 Å². The van der Waals surface area contributed by atoms with Crippen LogP contribution in [-0.2, 0) is 6.54 Å². The zero-order chi connectivity index (χ0) is 15.4. The van der Waals surface area contributed by atoms with Crippen molar-refractivity contribution in [2.75, 3.05) is 6.54 Å². The number of hydrogen-bond acceptors (Lipinski definition) is 3. The van der Waals surface area contributed by atoms with Crippen LogP contribution < -0.4 is 5.73 Å². The van der Waals surface area contributed by atoms with Crippen LogP contribution in [0.2, 0.25) is 0 Å². The molecule has 3 nitrogen and oxygen atoms in total. The Bertz CT molecular complexity index is 631. The van der Waals surface area contributed by atoms with Crippen molar-refractivity contribution < 1.29 is 0 Å². The van der Waals surface area contributed by atoms with Crippen molar-refractivity contribution in [2.24, 2.45) is 10.8 Å². The first kappa shape index (κ1) is 14.8. The highest BCUT2D eigenvalue weighted by molar-refractivity contribution is 5.86. The molecule has 1 aliphatic rings. The third kappa shape index (κ3) is 3.37. The summed E-state index contributed by atoms with van der Waals surface area (Å²) in [4.78, 5) is 0. The van der Waals surface area contributed by atoms with E-state index in [1.807, 2.05) is 6.07 Å². The second-order valence-electron chi connectivity index (χ2n) is 5.92. The summed E-state index contributed by atoms with van der Waals surface area (Å²) in [5, 5.41) is 7.04. The van der Waals surface area contributed by atoms with Crippen LogP contribution in [0.15, 0.2) is 59.7 Å². The Morgan fingerprint density at radius 2 is 1.82 bits per heavy atom. The van der Waals surface area contributed by atoms with Gasteiger partial charge in [0.2, 0.25) is 0 Å². The van der Waals surface area contributed by atoms with Gasteiger partial charge in [-0.05, 0) is 31.0 Å². The zero-order valence-electron chi connectivity index (χ0n) is 13.1. The molecule has 3 heteroatoms. The second kappa shape index (κ2) is 6.75. The van der Waals surface area contributed by atoms with E-state index in [1.54, 1.807) is 0 Å². The van der Waals surface area contributed by atoms with E-state index in [4.69, 9.17) is 10.8 Å². The average molecular weight is 293 g/mol. The largest absolute Gasteiger partial charge is 0.330 e. The van der Waals surface area contributed by atoms with Crippen molar-refractivity contribution in [1.82, 2.24) is 5.01 Å². The van der Waals surface area contributed by atoms with Crippen molar-refractivity contribution in [3.8, 4) is 0 Å². The van der Waals surface area contributed by atoms with Crippen LogP contribution in [0.5, 0.6) is 0 Å². The Morgan fingerprint density at radius 3 is 2.50 bits per heavy atom. The molecule has 2 aromatic carbocycles. The van der Waals surface area contributed by atoms with E-state index < -0.39 is 0 Å². The molecule has 1 aliphatic heterocycles. The van der Waals surface area contributed by atoms with E-state index >= 15 is 0 Å².